The van der Waals surface area contributed by atoms with E-state index in [4.69, 9.17) is 0 Å². The molecule has 2 aromatic rings. The average molecular weight is 348 g/mol. The van der Waals surface area contributed by atoms with Gasteiger partial charge in [-0.25, -0.2) is 9.59 Å². The molecule has 0 spiro atoms. The van der Waals surface area contributed by atoms with Gasteiger partial charge in [0.25, 0.3) is 5.91 Å². The molecule has 2 amide bonds. The van der Waals surface area contributed by atoms with Crippen molar-refractivity contribution in [1.29, 1.82) is 0 Å². The van der Waals surface area contributed by atoms with Crippen molar-refractivity contribution in [2.45, 2.75) is 19.9 Å². The lowest BCUT2D eigenvalue weighted by atomic mass is 10.1. The van der Waals surface area contributed by atoms with Gasteiger partial charge in [0.05, 0.1) is 11.0 Å². The van der Waals surface area contributed by atoms with Crippen LogP contribution in [-0.4, -0.2) is 56.5 Å². The minimum Gasteiger partial charge on any atom is -0.480 e. The number of nitrogens with zero attached hydrogens (tertiary/aromatic N) is 2. The number of amides is 2. The van der Waals surface area contributed by atoms with Crippen molar-refractivity contribution in [2.24, 2.45) is 7.05 Å². The molecule has 1 aromatic carbocycles. The lowest BCUT2D eigenvalue weighted by Gasteiger charge is -2.26. The quantitative estimate of drug-likeness (QED) is 0.673. The van der Waals surface area contributed by atoms with Gasteiger partial charge < -0.3 is 20.3 Å². The van der Waals surface area contributed by atoms with E-state index in [1.807, 2.05) is 0 Å². The summed E-state index contributed by atoms with van der Waals surface area (Å²) in [5.41, 5.74) is 1.08. The van der Waals surface area contributed by atoms with Gasteiger partial charge in [0.15, 0.2) is 0 Å². The first kappa shape index (κ1) is 18.2. The van der Waals surface area contributed by atoms with E-state index in [0.29, 0.717) is 11.0 Å². The molecule has 2 rings (SSSR count). The smallest absolute Gasteiger partial charge is 0.326 e. The fraction of sp³-hybridized carbons (Fsp3) is 0.375. The van der Waals surface area contributed by atoms with Crippen molar-refractivity contribution in [2.75, 3.05) is 13.1 Å². The number of nitrogens with one attached hydrogen (secondary N) is 2. The van der Waals surface area contributed by atoms with Crippen LogP contribution in [-0.2, 0) is 16.6 Å². The van der Waals surface area contributed by atoms with E-state index < -0.39 is 17.9 Å². The summed E-state index contributed by atoms with van der Waals surface area (Å²) in [4.78, 5) is 50.6. The summed E-state index contributed by atoms with van der Waals surface area (Å²) in [6, 6.07) is 3.60. The summed E-state index contributed by atoms with van der Waals surface area (Å²) in [6.45, 7) is 2.94. The van der Waals surface area contributed by atoms with Crippen LogP contribution in [0.1, 0.15) is 24.2 Å². The zero-order chi connectivity index (χ0) is 18.7. The molecule has 0 radical (unpaired) electrons. The first-order valence-corrected chi connectivity index (χ1v) is 7.69. The second kappa shape index (κ2) is 7.20. The summed E-state index contributed by atoms with van der Waals surface area (Å²) in [7, 11) is 1.57. The van der Waals surface area contributed by atoms with Crippen LogP contribution in [0.5, 0.6) is 0 Å². The summed E-state index contributed by atoms with van der Waals surface area (Å²) in [5.74, 6) is -1.90. The Morgan fingerprint density at radius 3 is 2.64 bits per heavy atom. The van der Waals surface area contributed by atoms with Crippen LogP contribution in [0.4, 0.5) is 0 Å². The van der Waals surface area contributed by atoms with E-state index in [0.717, 1.165) is 0 Å². The Kier molecular flexibility index (Phi) is 5.26. The first-order valence-electron chi connectivity index (χ1n) is 7.69. The molecule has 0 saturated heterocycles. The van der Waals surface area contributed by atoms with Gasteiger partial charge in [-0.3, -0.25) is 14.2 Å². The number of H-pyrrole nitrogens is 1. The number of carbonyl (C=O) groups is 3. The minimum absolute atomic E-state index is 0.0516. The third kappa shape index (κ3) is 3.87. The Labute approximate surface area is 143 Å². The largest absolute Gasteiger partial charge is 0.480 e. The van der Waals surface area contributed by atoms with Crippen LogP contribution in [0.3, 0.4) is 0 Å². The lowest BCUT2D eigenvalue weighted by Crippen LogP contribution is -2.46. The first-order chi connectivity index (χ1) is 11.7. The third-order valence-corrected chi connectivity index (χ3v) is 3.96. The van der Waals surface area contributed by atoms with Gasteiger partial charge in [0.2, 0.25) is 5.91 Å². The number of carboxylic acid groups (broad SMARTS) is 1. The second-order valence-electron chi connectivity index (χ2n) is 5.72. The summed E-state index contributed by atoms with van der Waals surface area (Å²) < 4.78 is 1.37. The van der Waals surface area contributed by atoms with Crippen molar-refractivity contribution < 1.29 is 19.5 Å². The van der Waals surface area contributed by atoms with E-state index >= 15 is 0 Å². The predicted molar refractivity (Wildman–Crippen MR) is 90.4 cm³/mol. The fourth-order valence-corrected chi connectivity index (χ4v) is 2.48. The molecule has 1 heterocycles. The van der Waals surface area contributed by atoms with E-state index in [1.165, 1.54) is 35.4 Å². The molecule has 0 fully saturated rings. The maximum absolute atomic E-state index is 12.8. The normalized spacial score (nSPS) is 12.0. The van der Waals surface area contributed by atoms with Gasteiger partial charge in [-0.2, -0.15) is 0 Å². The maximum atomic E-state index is 12.8. The van der Waals surface area contributed by atoms with Gasteiger partial charge in [-0.05, 0) is 25.1 Å². The Morgan fingerprint density at radius 1 is 1.36 bits per heavy atom. The van der Waals surface area contributed by atoms with Crippen molar-refractivity contribution >= 4 is 28.8 Å². The second-order valence-corrected chi connectivity index (χ2v) is 5.72. The highest BCUT2D eigenvalue weighted by molar-refractivity contribution is 5.99. The summed E-state index contributed by atoms with van der Waals surface area (Å²) in [5, 5.41) is 11.8. The number of carbonyl (C=O) groups excluding carboxylic acids is 2. The average Bonchev–Trinajstić information content (AvgIpc) is 2.84. The Morgan fingerprint density at radius 2 is 2.04 bits per heavy atom. The predicted octanol–water partition coefficient (Wildman–Crippen LogP) is -0.0820. The molecule has 0 saturated carbocycles. The van der Waals surface area contributed by atoms with Gasteiger partial charge in [-0.1, -0.05) is 0 Å². The number of fused-ring (bicyclic) bond motifs is 1. The number of benzene rings is 1. The highest BCUT2D eigenvalue weighted by Crippen LogP contribution is 2.15. The van der Waals surface area contributed by atoms with Crippen molar-refractivity contribution in [3.05, 3.63) is 34.2 Å². The van der Waals surface area contributed by atoms with Crippen LogP contribution >= 0.6 is 0 Å². The number of aromatic amines is 1. The lowest BCUT2D eigenvalue weighted by molar-refractivity contribution is -0.141. The molecule has 9 nitrogen and oxygen atoms in total. The monoisotopic (exact) mass is 348 g/mol. The number of imidazole rings is 1. The topological polar surface area (TPSA) is 125 Å². The van der Waals surface area contributed by atoms with Crippen LogP contribution < -0.4 is 11.0 Å². The number of aromatic nitrogens is 2. The van der Waals surface area contributed by atoms with Crippen molar-refractivity contribution in [1.82, 2.24) is 19.8 Å². The van der Waals surface area contributed by atoms with Crippen LogP contribution in [0.2, 0.25) is 0 Å². The van der Waals surface area contributed by atoms with Crippen LogP contribution in [0.15, 0.2) is 23.0 Å². The molecule has 9 heteroatoms. The number of hydrogen-bond acceptors (Lipinski definition) is 4. The molecule has 25 heavy (non-hydrogen) atoms. The van der Waals surface area contributed by atoms with E-state index in [1.54, 1.807) is 13.1 Å². The fourth-order valence-electron chi connectivity index (χ4n) is 2.48. The standard InChI is InChI=1S/C16H20N4O5/c1-9(15(23)24)20(7-6-17-10(2)21)14(22)11-4-5-12-13(8-11)19(3)16(25)18-12/h4-5,8-9H,6-7H2,1-3H3,(H,17,21)(H,18,25)(H,23,24). The molecule has 0 bridgehead atoms. The van der Waals surface area contributed by atoms with Gasteiger partial charge in [0, 0.05) is 32.6 Å². The molecule has 134 valence electrons. The number of aliphatic carboxylic acids is 1. The minimum atomic E-state index is -1.15. The SMILES string of the molecule is CC(=O)NCCN(C(=O)c1ccc2[nH]c(=O)n(C)c2c1)C(C)C(=O)O. The van der Waals surface area contributed by atoms with Crippen molar-refractivity contribution in [3.8, 4) is 0 Å². The molecule has 0 aliphatic rings. The van der Waals surface area contributed by atoms with Gasteiger partial charge >= 0.3 is 11.7 Å². The molecule has 3 N–H and O–H groups in total. The summed E-state index contributed by atoms with van der Waals surface area (Å²) >= 11 is 0. The Balaban J connectivity index is 2.34. The Hall–Kier alpha value is -3.10. The highest BCUT2D eigenvalue weighted by Gasteiger charge is 2.26. The molecular weight excluding hydrogens is 328 g/mol. The van der Waals surface area contributed by atoms with E-state index in [9.17, 15) is 24.3 Å². The van der Waals surface area contributed by atoms with Crippen LogP contribution in [0.25, 0.3) is 11.0 Å². The molecule has 1 atom stereocenters. The van der Waals surface area contributed by atoms with Crippen molar-refractivity contribution in [3.63, 3.8) is 0 Å². The molecular formula is C16H20N4O5. The molecule has 0 aliphatic heterocycles. The zero-order valence-corrected chi connectivity index (χ0v) is 14.2. The molecule has 1 aromatic heterocycles. The Bertz CT molecular complexity index is 882. The number of hydrogen-bond donors (Lipinski definition) is 3. The van der Waals surface area contributed by atoms with Gasteiger partial charge in [-0.15, -0.1) is 0 Å². The van der Waals surface area contributed by atoms with E-state index in [2.05, 4.69) is 10.3 Å². The number of carboxylic acids is 1. The number of rotatable bonds is 6. The zero-order valence-electron chi connectivity index (χ0n) is 14.2. The van der Waals surface area contributed by atoms with Crippen LogP contribution in [0, 0.1) is 0 Å². The number of aryl methyl sites for hydroxylation is 1. The highest BCUT2D eigenvalue weighted by atomic mass is 16.4. The van der Waals surface area contributed by atoms with Gasteiger partial charge in [0.1, 0.15) is 6.04 Å². The molecule has 1 unspecified atom stereocenters. The maximum Gasteiger partial charge on any atom is 0.326 e. The molecule has 0 aliphatic carbocycles. The summed E-state index contributed by atoms with van der Waals surface area (Å²) in [6.07, 6.45) is 0. The van der Waals surface area contributed by atoms with E-state index in [-0.39, 0.29) is 30.2 Å². The third-order valence-electron chi connectivity index (χ3n) is 3.96.